The van der Waals surface area contributed by atoms with Crippen LogP contribution in [0.3, 0.4) is 0 Å². The summed E-state index contributed by atoms with van der Waals surface area (Å²) in [5, 5.41) is 12.6. The molecule has 2 fully saturated rings. The molecule has 71 heavy (non-hydrogen) atoms. The normalized spacial score (nSPS) is 23.9. The largest absolute Gasteiger partial charge is 0.481 e. The lowest BCUT2D eigenvalue weighted by atomic mass is 9.79. The highest BCUT2D eigenvalue weighted by Crippen LogP contribution is 2.45. The predicted molar refractivity (Wildman–Crippen MR) is 286 cm³/mol. The van der Waals surface area contributed by atoms with E-state index in [0.717, 1.165) is 64.5 Å². The highest BCUT2D eigenvalue weighted by Gasteiger charge is 2.41. The third-order valence-electron chi connectivity index (χ3n) is 15.6. The van der Waals surface area contributed by atoms with Gasteiger partial charge in [-0.1, -0.05) is 75.2 Å². The number of carboxylic acid groups (broad SMARTS) is 1. The molecule has 2 heterocycles. The van der Waals surface area contributed by atoms with Gasteiger partial charge in [-0.05, 0) is 207 Å². The van der Waals surface area contributed by atoms with Crippen LogP contribution in [0.5, 0.6) is 0 Å². The molecule has 2 aromatic rings. The zero-order chi connectivity index (χ0) is 52.1. The molecule has 11 nitrogen and oxygen atoms in total. The van der Waals surface area contributed by atoms with Gasteiger partial charge < -0.3 is 34.6 Å². The number of hydrogen-bond donors (Lipinski definition) is 2. The highest BCUT2D eigenvalue weighted by atomic mass is 16.6. The Morgan fingerprint density at radius 1 is 0.662 bits per heavy atom. The molecule has 2 aromatic carbocycles. The van der Waals surface area contributed by atoms with E-state index >= 15 is 0 Å². The van der Waals surface area contributed by atoms with Crippen molar-refractivity contribution in [2.24, 2.45) is 35.5 Å². The molecular weight excluding hydrogens is 889 g/mol. The van der Waals surface area contributed by atoms with Gasteiger partial charge in [-0.3, -0.25) is 9.59 Å². The smallest absolute Gasteiger partial charge is 0.410 e. The summed E-state index contributed by atoms with van der Waals surface area (Å²) in [4.78, 5) is 54.3. The Labute approximate surface area is 427 Å². The first kappa shape index (κ1) is 55.7. The Hall–Kier alpha value is -4.64. The second-order valence-corrected chi connectivity index (χ2v) is 24.6. The highest BCUT2D eigenvalue weighted by molar-refractivity contribution is 5.85. The van der Waals surface area contributed by atoms with Crippen molar-refractivity contribution in [2.75, 3.05) is 40.3 Å². The molecule has 0 radical (unpaired) electrons. The molecule has 11 heteroatoms. The monoisotopic (exact) mass is 979 g/mol. The molecule has 8 rings (SSSR count). The van der Waals surface area contributed by atoms with E-state index in [1.807, 2.05) is 48.6 Å². The van der Waals surface area contributed by atoms with Crippen LogP contribution in [0, 0.1) is 49.4 Å². The van der Waals surface area contributed by atoms with E-state index in [1.165, 1.54) is 57.4 Å². The SMILES string of the molecule is CN(CC1CCC(C(=O)O)CC1)C(=O)OC(C)(C)C.Cc1ccc2c(c1)C1=C(C2)C(C(C)C)N(C(=O)C2CCC(CN(C)C(=O)OC(C)(C)C)CC2)CC1.Cc1ccc2c(c1)C1=C(C2)C(C(C)C)NCC1. The molecule has 0 aromatic heterocycles. The van der Waals surface area contributed by atoms with Crippen molar-refractivity contribution in [2.45, 2.75) is 183 Å². The summed E-state index contributed by atoms with van der Waals surface area (Å²) < 4.78 is 10.8. The molecule has 2 aliphatic heterocycles. The molecule has 2 atom stereocenters. The summed E-state index contributed by atoms with van der Waals surface area (Å²) in [6.45, 7) is 28.0. The van der Waals surface area contributed by atoms with Crippen LogP contribution in [0.1, 0.15) is 167 Å². The van der Waals surface area contributed by atoms with Gasteiger partial charge in [0.2, 0.25) is 5.91 Å². The van der Waals surface area contributed by atoms with Gasteiger partial charge >= 0.3 is 18.2 Å². The number of amides is 3. The number of hydrogen-bond acceptors (Lipinski definition) is 7. The van der Waals surface area contributed by atoms with E-state index < -0.39 is 17.2 Å². The number of rotatable bonds is 8. The Kier molecular flexibility index (Phi) is 18.4. The first-order valence-electron chi connectivity index (χ1n) is 27.1. The molecule has 3 amide bonds. The maximum atomic E-state index is 13.8. The number of fused-ring (bicyclic) bond motifs is 4. The summed E-state index contributed by atoms with van der Waals surface area (Å²) in [5.74, 6) is 1.46. The van der Waals surface area contributed by atoms with Crippen LogP contribution in [-0.4, -0.2) is 107 Å². The number of nitrogens with one attached hydrogen (secondary N) is 1. The number of aryl methyl sites for hydroxylation is 2. The van der Waals surface area contributed by atoms with Crippen LogP contribution >= 0.6 is 0 Å². The van der Waals surface area contributed by atoms with E-state index in [1.54, 1.807) is 28.0 Å². The van der Waals surface area contributed by atoms with Crippen molar-refractivity contribution < 1.29 is 33.8 Å². The maximum Gasteiger partial charge on any atom is 0.410 e. The Balaban J connectivity index is 0.000000192. The van der Waals surface area contributed by atoms with E-state index in [4.69, 9.17) is 14.6 Å². The third kappa shape index (κ3) is 14.5. The van der Waals surface area contributed by atoms with Crippen molar-refractivity contribution in [1.82, 2.24) is 20.0 Å². The molecule has 6 aliphatic rings. The molecule has 2 unspecified atom stereocenters. The molecule has 392 valence electrons. The standard InChI is InChI=1S/C30H44N2O3.C16H21N.C14H25NO4/c1-19(2)27-26-17-23-11-8-20(3)16-25(23)24(26)14-15-32(27)28(33)22-12-9-21(10-13-22)18-31(7)29(34)35-30(4,5)6;1-10(2)16-15-9-12-5-4-11(3)8-14(12)13(15)6-7-17-16;1-14(2,3)19-13(18)15(4)9-10-5-7-11(8-6-10)12(16)17/h8,11,16,19,21-22,27H,9-10,12-15,17-18H2,1-7H3;4-5,8,10,16-17H,6-7,9H2,1-3H3;10-11H,5-9H2,1-4H3,(H,16,17). The van der Waals surface area contributed by atoms with Crippen LogP contribution < -0.4 is 5.32 Å². The van der Waals surface area contributed by atoms with Gasteiger partial charge in [0.25, 0.3) is 0 Å². The molecule has 0 saturated heterocycles. The van der Waals surface area contributed by atoms with Gasteiger partial charge in [0.1, 0.15) is 11.2 Å². The lowest BCUT2D eigenvalue weighted by molar-refractivity contribution is -0.143. The van der Waals surface area contributed by atoms with E-state index in [9.17, 15) is 19.2 Å². The van der Waals surface area contributed by atoms with E-state index in [-0.39, 0.29) is 30.1 Å². The molecule has 0 spiro atoms. The molecule has 2 N–H and O–H groups in total. The maximum absolute atomic E-state index is 13.8. The lowest BCUT2D eigenvalue weighted by Crippen LogP contribution is -2.50. The molecular formula is C60H90N4O7. The summed E-state index contributed by atoms with van der Waals surface area (Å²) in [5.41, 5.74) is 13.9. The number of carbonyl (C=O) groups excluding carboxylic acids is 3. The minimum Gasteiger partial charge on any atom is -0.481 e. The zero-order valence-electron chi connectivity index (χ0n) is 46.1. The van der Waals surface area contributed by atoms with Gasteiger partial charge in [0.05, 0.1) is 12.0 Å². The van der Waals surface area contributed by atoms with Crippen molar-refractivity contribution in [3.05, 3.63) is 80.9 Å². The first-order valence-corrected chi connectivity index (χ1v) is 27.1. The van der Waals surface area contributed by atoms with Crippen molar-refractivity contribution >= 4 is 35.2 Å². The zero-order valence-corrected chi connectivity index (χ0v) is 46.1. The average Bonchev–Trinajstić information content (AvgIpc) is 3.85. The minimum atomic E-state index is -0.695. The summed E-state index contributed by atoms with van der Waals surface area (Å²) >= 11 is 0. The topological polar surface area (TPSA) is 129 Å². The van der Waals surface area contributed by atoms with Crippen molar-refractivity contribution in [3.8, 4) is 0 Å². The fourth-order valence-electron chi connectivity index (χ4n) is 12.1. The molecule has 2 saturated carbocycles. The van der Waals surface area contributed by atoms with Gasteiger partial charge in [-0.25, -0.2) is 9.59 Å². The first-order chi connectivity index (χ1) is 33.3. The van der Waals surface area contributed by atoms with Crippen molar-refractivity contribution in [3.63, 3.8) is 0 Å². The van der Waals surface area contributed by atoms with E-state index in [2.05, 4.69) is 88.2 Å². The van der Waals surface area contributed by atoms with Crippen LogP contribution in [0.4, 0.5) is 9.59 Å². The van der Waals surface area contributed by atoms with Crippen LogP contribution in [0.15, 0.2) is 47.5 Å². The van der Waals surface area contributed by atoms with Gasteiger partial charge in [-0.15, -0.1) is 0 Å². The number of aliphatic carboxylic acids is 1. The second-order valence-electron chi connectivity index (χ2n) is 24.6. The Morgan fingerprint density at radius 3 is 1.55 bits per heavy atom. The average molecular weight is 979 g/mol. The lowest BCUT2D eigenvalue weighted by Gasteiger charge is -2.42. The quantitative estimate of drug-likeness (QED) is 0.268. The Bertz CT molecular complexity index is 2280. The van der Waals surface area contributed by atoms with Crippen LogP contribution in [0.25, 0.3) is 11.1 Å². The number of benzene rings is 2. The molecule has 4 aliphatic carbocycles. The van der Waals surface area contributed by atoms with Gasteiger partial charge in [0.15, 0.2) is 0 Å². The van der Waals surface area contributed by atoms with Gasteiger partial charge in [0, 0.05) is 45.7 Å². The minimum absolute atomic E-state index is 0.104. The summed E-state index contributed by atoms with van der Waals surface area (Å²) in [6, 6.07) is 14.6. The second kappa shape index (κ2) is 23.5. The number of carbonyl (C=O) groups is 4. The Morgan fingerprint density at radius 2 is 1.11 bits per heavy atom. The summed E-state index contributed by atoms with van der Waals surface area (Å²) in [6.07, 6.45) is 10.7. The third-order valence-corrected chi connectivity index (χ3v) is 15.6. The van der Waals surface area contributed by atoms with Gasteiger partial charge in [-0.2, -0.15) is 0 Å². The van der Waals surface area contributed by atoms with Crippen molar-refractivity contribution in [1.29, 1.82) is 0 Å². The number of carboxylic acids is 1. The fourth-order valence-corrected chi connectivity index (χ4v) is 12.1. The van der Waals surface area contributed by atoms with E-state index in [0.29, 0.717) is 61.6 Å². The van der Waals surface area contributed by atoms with Crippen LogP contribution in [0.2, 0.25) is 0 Å². The summed E-state index contributed by atoms with van der Waals surface area (Å²) in [7, 11) is 3.55. The number of nitrogens with zero attached hydrogens (tertiary/aromatic N) is 3. The van der Waals surface area contributed by atoms with Crippen LogP contribution in [-0.2, 0) is 31.9 Å². The number of ether oxygens (including phenoxy) is 2. The predicted octanol–water partition coefficient (Wildman–Crippen LogP) is 12.3. The molecule has 0 bridgehead atoms. The fraction of sp³-hybridized carbons (Fsp3) is 0.667.